The van der Waals surface area contributed by atoms with E-state index >= 15 is 0 Å². The van der Waals surface area contributed by atoms with E-state index in [9.17, 15) is 4.79 Å². The van der Waals surface area contributed by atoms with Crippen molar-refractivity contribution in [1.82, 2.24) is 0 Å². The Morgan fingerprint density at radius 1 is 1.08 bits per heavy atom. The third-order valence-corrected chi connectivity index (χ3v) is 4.99. The number of esters is 1. The first-order valence-electron chi connectivity index (χ1n) is 8.35. The van der Waals surface area contributed by atoms with Crippen molar-refractivity contribution in [2.24, 2.45) is 10.8 Å². The molecule has 1 aliphatic carbocycles. The molecule has 2 aromatic carbocycles. The number of benzene rings is 2. The van der Waals surface area contributed by atoms with Gasteiger partial charge in [0.15, 0.2) is 0 Å². The Morgan fingerprint density at radius 2 is 1.73 bits per heavy atom. The molecule has 0 aromatic heterocycles. The number of ether oxygens (including phenoxy) is 2. The fraction of sp³-hybridized carbons (Fsp3) is 0.286. The highest BCUT2D eigenvalue weighted by Gasteiger charge is 2.66. The van der Waals surface area contributed by atoms with Crippen LogP contribution in [0.5, 0.6) is 11.5 Å². The van der Waals surface area contributed by atoms with E-state index in [0.717, 1.165) is 11.3 Å². The van der Waals surface area contributed by atoms with Gasteiger partial charge in [-0.25, -0.2) is 0 Å². The number of rotatable bonds is 6. The molecule has 1 atom stereocenters. The SMILES string of the molecule is CC1(C)C[C@]1(C=C(Cl)Cl)C(=O)OCc1cccc(Oc2ccccc2)c1. The first-order valence-corrected chi connectivity index (χ1v) is 9.11. The van der Waals surface area contributed by atoms with Crippen molar-refractivity contribution < 1.29 is 14.3 Å². The van der Waals surface area contributed by atoms with E-state index in [4.69, 9.17) is 32.7 Å². The smallest absolute Gasteiger partial charge is 0.316 e. The minimum atomic E-state index is -0.746. The van der Waals surface area contributed by atoms with E-state index in [-0.39, 0.29) is 22.5 Å². The van der Waals surface area contributed by atoms with Crippen molar-refractivity contribution in [1.29, 1.82) is 0 Å². The van der Waals surface area contributed by atoms with Crippen molar-refractivity contribution in [3.05, 3.63) is 70.7 Å². The maximum absolute atomic E-state index is 12.6. The Labute approximate surface area is 163 Å². The van der Waals surface area contributed by atoms with E-state index < -0.39 is 5.41 Å². The average molecular weight is 391 g/mol. The molecule has 0 heterocycles. The molecular formula is C21H20Cl2O3. The highest BCUT2D eigenvalue weighted by molar-refractivity contribution is 6.56. The molecule has 0 bridgehead atoms. The van der Waals surface area contributed by atoms with Crippen molar-refractivity contribution in [2.75, 3.05) is 0 Å². The number of halogens is 2. The quantitative estimate of drug-likeness (QED) is 0.546. The first kappa shape index (κ1) is 18.8. The van der Waals surface area contributed by atoms with Gasteiger partial charge in [0, 0.05) is 0 Å². The Balaban J connectivity index is 1.66. The van der Waals surface area contributed by atoms with Gasteiger partial charge < -0.3 is 9.47 Å². The van der Waals surface area contributed by atoms with Crippen molar-refractivity contribution in [3.63, 3.8) is 0 Å². The number of para-hydroxylation sites is 1. The standard InChI is InChI=1S/C21H20Cl2O3/c1-20(2)14-21(20,12-18(22)23)19(24)25-13-15-7-6-10-17(11-15)26-16-8-4-3-5-9-16/h3-12H,13-14H2,1-2H3/t21-/m1/s1. The minimum Gasteiger partial charge on any atom is -0.460 e. The summed E-state index contributed by atoms with van der Waals surface area (Å²) in [5.41, 5.74) is -0.109. The summed E-state index contributed by atoms with van der Waals surface area (Å²) in [4.78, 5) is 12.6. The topological polar surface area (TPSA) is 35.5 Å². The van der Waals surface area contributed by atoms with Crippen LogP contribution >= 0.6 is 23.2 Å². The van der Waals surface area contributed by atoms with Crippen molar-refractivity contribution in [2.45, 2.75) is 26.9 Å². The largest absolute Gasteiger partial charge is 0.460 e. The summed E-state index contributed by atoms with van der Waals surface area (Å²) in [6, 6.07) is 17.0. The predicted molar refractivity (Wildman–Crippen MR) is 103 cm³/mol. The van der Waals surface area contributed by atoms with Crippen LogP contribution < -0.4 is 4.74 Å². The highest BCUT2D eigenvalue weighted by Crippen LogP contribution is 2.65. The molecule has 0 spiro atoms. The second-order valence-corrected chi connectivity index (χ2v) is 8.11. The van der Waals surface area contributed by atoms with Crippen LogP contribution in [-0.4, -0.2) is 5.97 Å². The van der Waals surface area contributed by atoms with Crippen molar-refractivity contribution in [3.8, 4) is 11.5 Å². The van der Waals surface area contributed by atoms with E-state index in [1.165, 1.54) is 0 Å². The molecule has 136 valence electrons. The third-order valence-electron chi connectivity index (χ3n) is 4.77. The lowest BCUT2D eigenvalue weighted by Gasteiger charge is -2.16. The van der Waals surface area contributed by atoms with Crippen LogP contribution in [-0.2, 0) is 16.1 Å². The zero-order valence-electron chi connectivity index (χ0n) is 14.7. The molecule has 3 rings (SSSR count). The summed E-state index contributed by atoms with van der Waals surface area (Å²) in [7, 11) is 0. The van der Waals surface area contributed by atoms with Gasteiger partial charge in [0.2, 0.25) is 0 Å². The van der Waals surface area contributed by atoms with Gasteiger partial charge in [0.25, 0.3) is 0 Å². The normalized spacial score (nSPS) is 20.2. The van der Waals surface area contributed by atoms with E-state index in [2.05, 4.69) is 0 Å². The van der Waals surface area contributed by atoms with Gasteiger partial charge in [-0.15, -0.1) is 0 Å². The Bertz CT molecular complexity index is 826. The van der Waals surface area contributed by atoms with E-state index in [1.807, 2.05) is 68.4 Å². The lowest BCUT2D eigenvalue weighted by Crippen LogP contribution is -2.22. The van der Waals surface area contributed by atoms with Crippen LogP contribution in [0.25, 0.3) is 0 Å². The second kappa shape index (κ2) is 7.34. The summed E-state index contributed by atoms with van der Waals surface area (Å²) in [5.74, 6) is 1.13. The predicted octanol–water partition coefficient (Wildman–Crippen LogP) is 6.26. The van der Waals surface area contributed by atoms with Gasteiger partial charge in [0.1, 0.15) is 22.6 Å². The zero-order valence-corrected chi connectivity index (χ0v) is 16.2. The van der Waals surface area contributed by atoms with Crippen LogP contribution in [0, 0.1) is 10.8 Å². The molecule has 1 saturated carbocycles. The molecule has 0 amide bonds. The van der Waals surface area contributed by atoms with E-state index in [0.29, 0.717) is 12.2 Å². The molecule has 0 N–H and O–H groups in total. The second-order valence-electron chi connectivity index (χ2n) is 7.10. The van der Waals surface area contributed by atoms with Crippen LogP contribution in [0.15, 0.2) is 65.2 Å². The maximum Gasteiger partial charge on any atom is 0.316 e. The van der Waals surface area contributed by atoms with Gasteiger partial charge >= 0.3 is 5.97 Å². The number of carbonyl (C=O) groups is 1. The van der Waals surface area contributed by atoms with Gasteiger partial charge in [-0.2, -0.15) is 0 Å². The lowest BCUT2D eigenvalue weighted by molar-refractivity contribution is -0.150. The monoisotopic (exact) mass is 390 g/mol. The molecule has 3 nitrogen and oxygen atoms in total. The molecular weight excluding hydrogens is 371 g/mol. The number of carbonyl (C=O) groups excluding carboxylic acids is 1. The Hall–Kier alpha value is -1.97. The van der Waals surface area contributed by atoms with Crippen LogP contribution in [0.2, 0.25) is 0 Å². The summed E-state index contributed by atoms with van der Waals surface area (Å²) in [5, 5.41) is 0. The van der Waals surface area contributed by atoms with E-state index in [1.54, 1.807) is 6.08 Å². The third kappa shape index (κ3) is 4.05. The van der Waals surface area contributed by atoms with Gasteiger partial charge in [-0.1, -0.05) is 67.4 Å². The fourth-order valence-electron chi connectivity index (χ4n) is 3.09. The van der Waals surface area contributed by atoms with Gasteiger partial charge in [-0.05, 0) is 47.7 Å². The number of hydrogen-bond acceptors (Lipinski definition) is 3. The molecule has 1 aliphatic rings. The van der Waals surface area contributed by atoms with Gasteiger partial charge in [-0.3, -0.25) is 4.79 Å². The lowest BCUT2D eigenvalue weighted by atomic mass is 9.96. The molecule has 0 aliphatic heterocycles. The van der Waals surface area contributed by atoms with Crippen molar-refractivity contribution >= 4 is 29.2 Å². The molecule has 0 radical (unpaired) electrons. The average Bonchev–Trinajstić information content (AvgIpc) is 3.15. The molecule has 0 saturated heterocycles. The molecule has 26 heavy (non-hydrogen) atoms. The summed E-state index contributed by atoms with van der Waals surface area (Å²) in [6.07, 6.45) is 2.26. The summed E-state index contributed by atoms with van der Waals surface area (Å²) >= 11 is 11.6. The summed E-state index contributed by atoms with van der Waals surface area (Å²) < 4.78 is 11.4. The van der Waals surface area contributed by atoms with Gasteiger partial charge in [0.05, 0.1) is 5.41 Å². The summed E-state index contributed by atoms with van der Waals surface area (Å²) in [6.45, 7) is 4.15. The first-order chi connectivity index (χ1) is 12.3. The molecule has 1 fully saturated rings. The Morgan fingerprint density at radius 3 is 2.35 bits per heavy atom. The maximum atomic E-state index is 12.6. The zero-order chi connectivity index (χ0) is 18.8. The molecule has 2 aromatic rings. The van der Waals surface area contributed by atoms with Crippen LogP contribution in [0.1, 0.15) is 25.8 Å². The highest BCUT2D eigenvalue weighted by atomic mass is 35.5. The molecule has 5 heteroatoms. The minimum absolute atomic E-state index is 0.0887. The van der Waals surface area contributed by atoms with Crippen LogP contribution in [0.3, 0.4) is 0 Å². The fourth-order valence-corrected chi connectivity index (χ4v) is 3.47. The molecule has 0 unspecified atom stereocenters. The number of hydrogen-bond donors (Lipinski definition) is 0. The van der Waals surface area contributed by atoms with Crippen LogP contribution in [0.4, 0.5) is 0 Å². The Kier molecular flexibility index (Phi) is 5.31.